The lowest BCUT2D eigenvalue weighted by atomic mass is 10.0. The second-order valence-electron chi connectivity index (χ2n) is 7.47. The van der Waals surface area contributed by atoms with Crippen LogP contribution in [0.2, 0.25) is 0 Å². The summed E-state index contributed by atoms with van der Waals surface area (Å²) in [6.45, 7) is 2.12. The van der Waals surface area contributed by atoms with Crippen molar-refractivity contribution in [3.8, 4) is 33.6 Å². The van der Waals surface area contributed by atoms with E-state index in [1.165, 1.54) is 0 Å². The smallest absolute Gasteiger partial charge is 0.342 e. The highest BCUT2D eigenvalue weighted by atomic mass is 16.5. The number of pyridine rings is 1. The minimum atomic E-state index is -0.370. The third kappa shape index (κ3) is 3.56. The summed E-state index contributed by atoms with van der Waals surface area (Å²) in [6.07, 6.45) is 0. The predicted octanol–water partition coefficient (Wildman–Crippen LogP) is 6.51. The van der Waals surface area contributed by atoms with E-state index >= 15 is 0 Å². The Morgan fingerprint density at radius 3 is 1.91 bits per heavy atom. The van der Waals surface area contributed by atoms with Crippen molar-refractivity contribution in [2.24, 2.45) is 0 Å². The first-order chi connectivity index (χ1) is 15.8. The van der Waals surface area contributed by atoms with Crippen molar-refractivity contribution in [1.82, 2.24) is 9.61 Å². The van der Waals surface area contributed by atoms with Crippen molar-refractivity contribution in [2.45, 2.75) is 6.92 Å². The highest BCUT2D eigenvalue weighted by Gasteiger charge is 2.24. The quantitative estimate of drug-likeness (QED) is 0.306. The molecule has 0 radical (unpaired) electrons. The lowest BCUT2D eigenvalue weighted by Gasteiger charge is -2.10. The fraction of sp³-hybridized carbons (Fsp3) is 0.0714. The van der Waals surface area contributed by atoms with Gasteiger partial charge in [0.1, 0.15) is 11.3 Å². The lowest BCUT2D eigenvalue weighted by Crippen LogP contribution is -2.06. The van der Waals surface area contributed by atoms with Gasteiger partial charge in [0.15, 0.2) is 0 Å². The van der Waals surface area contributed by atoms with Crippen LogP contribution < -0.4 is 0 Å². The Balaban J connectivity index is 1.87. The van der Waals surface area contributed by atoms with Gasteiger partial charge in [-0.25, -0.2) is 9.31 Å². The summed E-state index contributed by atoms with van der Waals surface area (Å²) >= 11 is 0. The van der Waals surface area contributed by atoms with Crippen molar-refractivity contribution in [2.75, 3.05) is 6.61 Å². The zero-order valence-electron chi connectivity index (χ0n) is 17.7. The van der Waals surface area contributed by atoms with Gasteiger partial charge in [-0.15, -0.1) is 0 Å². The van der Waals surface area contributed by atoms with Crippen LogP contribution in [0.15, 0.2) is 103 Å². The summed E-state index contributed by atoms with van der Waals surface area (Å²) in [4.78, 5) is 13.1. The topological polar surface area (TPSA) is 43.6 Å². The molecular weight excluding hydrogens is 396 g/mol. The number of carbonyl (C=O) groups is 1. The lowest BCUT2D eigenvalue weighted by molar-refractivity contribution is 0.0529. The minimum Gasteiger partial charge on any atom is -0.462 e. The molecule has 0 fully saturated rings. The van der Waals surface area contributed by atoms with Gasteiger partial charge in [-0.2, -0.15) is 5.10 Å². The number of hydrogen-bond donors (Lipinski definition) is 0. The Hall–Kier alpha value is -4.18. The van der Waals surface area contributed by atoms with Crippen LogP contribution in [0, 0.1) is 0 Å². The molecule has 0 amide bonds. The molecule has 0 spiro atoms. The summed E-state index contributed by atoms with van der Waals surface area (Å²) in [5.41, 5.74) is 6.72. The van der Waals surface area contributed by atoms with Crippen LogP contribution in [0.4, 0.5) is 0 Å². The average Bonchev–Trinajstić information content (AvgIpc) is 3.25. The summed E-state index contributed by atoms with van der Waals surface area (Å²) in [6, 6.07) is 34.2. The predicted molar refractivity (Wildman–Crippen MR) is 127 cm³/mol. The van der Waals surface area contributed by atoms with Crippen LogP contribution in [0.3, 0.4) is 0 Å². The van der Waals surface area contributed by atoms with Gasteiger partial charge >= 0.3 is 5.97 Å². The van der Waals surface area contributed by atoms with Crippen LogP contribution in [0.25, 0.3) is 39.2 Å². The van der Waals surface area contributed by atoms with Gasteiger partial charge in [0.25, 0.3) is 0 Å². The van der Waals surface area contributed by atoms with Gasteiger partial charge in [-0.1, -0.05) is 91.0 Å². The SMILES string of the molecule is CCOC(=O)c1c(-c2ccccc2)nn2c(-c3ccccc3)cc(-c3ccccc3)cc12. The second-order valence-corrected chi connectivity index (χ2v) is 7.47. The van der Waals surface area contributed by atoms with E-state index in [0.717, 1.165) is 33.5 Å². The third-order valence-corrected chi connectivity index (χ3v) is 5.44. The van der Waals surface area contributed by atoms with Crippen LogP contribution in [-0.4, -0.2) is 22.2 Å². The van der Waals surface area contributed by atoms with Crippen molar-refractivity contribution in [3.05, 3.63) is 109 Å². The molecule has 0 atom stereocenters. The Morgan fingerprint density at radius 2 is 1.31 bits per heavy atom. The largest absolute Gasteiger partial charge is 0.462 e. The molecule has 0 saturated heterocycles. The number of ether oxygens (including phenoxy) is 1. The molecule has 0 aliphatic heterocycles. The Bertz CT molecular complexity index is 1380. The summed E-state index contributed by atoms with van der Waals surface area (Å²) in [5, 5.41) is 4.91. The van der Waals surface area contributed by atoms with Crippen LogP contribution in [-0.2, 0) is 4.74 Å². The average molecular weight is 418 g/mol. The molecular formula is C28H22N2O2. The standard InChI is InChI=1S/C28H22N2O2/c1-2-32-28(31)26-25-19-23(20-12-6-3-7-13-20)18-24(21-14-8-4-9-15-21)30(25)29-27(26)22-16-10-5-11-17-22/h3-19H,2H2,1H3. The van der Waals surface area contributed by atoms with E-state index in [2.05, 4.69) is 30.3 Å². The number of nitrogens with zero attached hydrogens (tertiary/aromatic N) is 2. The van der Waals surface area contributed by atoms with Crippen molar-refractivity contribution in [3.63, 3.8) is 0 Å². The molecule has 2 heterocycles. The van der Waals surface area contributed by atoms with Gasteiger partial charge < -0.3 is 4.74 Å². The van der Waals surface area contributed by atoms with Gasteiger partial charge in [-0.05, 0) is 30.2 Å². The number of esters is 1. The van der Waals surface area contributed by atoms with Crippen molar-refractivity contribution >= 4 is 11.5 Å². The first kappa shape index (κ1) is 19.8. The molecule has 0 saturated carbocycles. The number of hydrogen-bond acceptors (Lipinski definition) is 3. The van der Waals surface area contributed by atoms with Crippen LogP contribution in [0.5, 0.6) is 0 Å². The molecule has 2 aromatic heterocycles. The third-order valence-electron chi connectivity index (χ3n) is 5.44. The molecule has 0 bridgehead atoms. The Labute approximate surface area is 186 Å². The minimum absolute atomic E-state index is 0.300. The molecule has 0 N–H and O–H groups in total. The highest BCUT2D eigenvalue weighted by molar-refractivity contribution is 6.04. The molecule has 3 aromatic carbocycles. The first-order valence-corrected chi connectivity index (χ1v) is 10.7. The highest BCUT2D eigenvalue weighted by Crippen LogP contribution is 2.34. The first-order valence-electron chi connectivity index (χ1n) is 10.7. The number of aromatic nitrogens is 2. The van der Waals surface area contributed by atoms with Crippen molar-refractivity contribution < 1.29 is 9.53 Å². The zero-order valence-corrected chi connectivity index (χ0v) is 17.7. The molecule has 5 aromatic rings. The summed E-state index contributed by atoms with van der Waals surface area (Å²) in [7, 11) is 0. The Kier molecular flexibility index (Phi) is 5.26. The molecule has 4 nitrogen and oxygen atoms in total. The van der Waals surface area contributed by atoms with Crippen LogP contribution >= 0.6 is 0 Å². The maximum atomic E-state index is 13.1. The molecule has 4 heteroatoms. The molecule has 5 rings (SSSR count). The van der Waals surface area contributed by atoms with Crippen LogP contribution in [0.1, 0.15) is 17.3 Å². The van der Waals surface area contributed by atoms with E-state index in [9.17, 15) is 4.79 Å². The normalized spacial score (nSPS) is 10.9. The van der Waals surface area contributed by atoms with Gasteiger partial charge in [0.2, 0.25) is 0 Å². The molecule has 0 aliphatic rings. The van der Waals surface area contributed by atoms with E-state index in [1.807, 2.05) is 84.2 Å². The van der Waals surface area contributed by atoms with E-state index in [0.29, 0.717) is 17.9 Å². The van der Waals surface area contributed by atoms with E-state index in [-0.39, 0.29) is 5.97 Å². The van der Waals surface area contributed by atoms with E-state index in [4.69, 9.17) is 9.84 Å². The maximum Gasteiger partial charge on any atom is 0.342 e. The second kappa shape index (κ2) is 8.52. The van der Waals surface area contributed by atoms with E-state index < -0.39 is 0 Å². The van der Waals surface area contributed by atoms with Gasteiger partial charge in [-0.3, -0.25) is 0 Å². The zero-order chi connectivity index (χ0) is 21.9. The monoisotopic (exact) mass is 418 g/mol. The number of benzene rings is 3. The number of fused-ring (bicyclic) bond motifs is 1. The molecule has 0 aliphatic carbocycles. The fourth-order valence-corrected chi connectivity index (χ4v) is 3.96. The summed E-state index contributed by atoms with van der Waals surface area (Å²) in [5.74, 6) is -0.370. The molecule has 156 valence electrons. The number of carbonyl (C=O) groups excluding carboxylic acids is 1. The fourth-order valence-electron chi connectivity index (χ4n) is 3.96. The number of rotatable bonds is 5. The summed E-state index contributed by atoms with van der Waals surface area (Å²) < 4.78 is 7.31. The van der Waals surface area contributed by atoms with Gasteiger partial charge in [0, 0.05) is 11.1 Å². The molecule has 32 heavy (non-hydrogen) atoms. The molecule has 0 unspecified atom stereocenters. The van der Waals surface area contributed by atoms with E-state index in [1.54, 1.807) is 0 Å². The van der Waals surface area contributed by atoms with Crippen molar-refractivity contribution in [1.29, 1.82) is 0 Å². The Morgan fingerprint density at radius 1 is 0.750 bits per heavy atom. The van der Waals surface area contributed by atoms with Gasteiger partial charge in [0.05, 0.1) is 17.8 Å². The maximum absolute atomic E-state index is 13.1.